The van der Waals surface area contributed by atoms with Crippen molar-refractivity contribution in [1.29, 1.82) is 0 Å². The van der Waals surface area contributed by atoms with Gasteiger partial charge in [0, 0.05) is 17.2 Å². The summed E-state index contributed by atoms with van der Waals surface area (Å²) < 4.78 is 29.5. The maximum atomic E-state index is 13.3. The van der Waals surface area contributed by atoms with Gasteiger partial charge in [-0.1, -0.05) is 23.7 Å². The number of ether oxygens (including phenoxy) is 3. The molecule has 0 aliphatic carbocycles. The van der Waals surface area contributed by atoms with Crippen LogP contribution in [0.3, 0.4) is 0 Å². The molecule has 0 N–H and O–H groups in total. The summed E-state index contributed by atoms with van der Waals surface area (Å²) in [6.45, 7) is 0.194. The third-order valence-electron chi connectivity index (χ3n) is 4.39. The Labute approximate surface area is 179 Å². The maximum Gasteiger partial charge on any atom is 0.185 e. The van der Waals surface area contributed by atoms with Gasteiger partial charge in [0.2, 0.25) is 0 Å². The van der Waals surface area contributed by atoms with E-state index in [-0.39, 0.29) is 17.4 Å². The topological polar surface area (TPSA) is 44.8 Å². The van der Waals surface area contributed by atoms with Crippen molar-refractivity contribution in [2.75, 3.05) is 14.2 Å². The van der Waals surface area contributed by atoms with Crippen molar-refractivity contribution in [2.45, 2.75) is 6.61 Å². The summed E-state index contributed by atoms with van der Waals surface area (Å²) in [6.07, 6.45) is 3.23. The van der Waals surface area contributed by atoms with Crippen LogP contribution in [0, 0.1) is 5.82 Å². The second-order valence-electron chi connectivity index (χ2n) is 6.36. The molecule has 0 heterocycles. The van der Waals surface area contributed by atoms with Crippen molar-refractivity contribution in [2.24, 2.45) is 0 Å². The minimum atomic E-state index is -0.504. The molecule has 0 unspecified atom stereocenters. The lowest BCUT2D eigenvalue weighted by Crippen LogP contribution is -2.00. The van der Waals surface area contributed by atoms with E-state index in [0.29, 0.717) is 22.8 Å². The number of methoxy groups -OCH3 is 2. The van der Waals surface area contributed by atoms with Crippen molar-refractivity contribution >= 4 is 23.5 Å². The molecular weight excluding hydrogens is 407 g/mol. The number of halogens is 2. The quantitative estimate of drug-likeness (QED) is 0.329. The zero-order valence-electron chi connectivity index (χ0n) is 16.5. The highest BCUT2D eigenvalue weighted by Crippen LogP contribution is 2.25. The molecule has 0 bridgehead atoms. The van der Waals surface area contributed by atoms with Crippen LogP contribution >= 0.6 is 11.6 Å². The highest BCUT2D eigenvalue weighted by Gasteiger charge is 2.08. The molecule has 3 aromatic carbocycles. The van der Waals surface area contributed by atoms with Gasteiger partial charge in [-0.05, 0) is 60.2 Å². The van der Waals surface area contributed by atoms with Crippen LogP contribution < -0.4 is 14.2 Å². The van der Waals surface area contributed by atoms with Crippen LogP contribution in [0.2, 0.25) is 5.02 Å². The van der Waals surface area contributed by atoms with Crippen LogP contribution in [0.15, 0.2) is 66.7 Å². The fraction of sp³-hybridized carbons (Fsp3) is 0.125. The van der Waals surface area contributed by atoms with Crippen LogP contribution in [0.5, 0.6) is 17.2 Å². The van der Waals surface area contributed by atoms with E-state index >= 15 is 0 Å². The first-order valence-corrected chi connectivity index (χ1v) is 9.49. The smallest absolute Gasteiger partial charge is 0.185 e. The Morgan fingerprint density at radius 1 is 0.967 bits per heavy atom. The lowest BCUT2D eigenvalue weighted by Gasteiger charge is -2.11. The van der Waals surface area contributed by atoms with Gasteiger partial charge in [-0.15, -0.1) is 0 Å². The third-order valence-corrected chi connectivity index (χ3v) is 4.68. The first-order chi connectivity index (χ1) is 14.5. The molecule has 0 fully saturated rings. The minimum absolute atomic E-state index is 0.00630. The summed E-state index contributed by atoms with van der Waals surface area (Å²) in [6, 6.07) is 16.6. The summed E-state index contributed by atoms with van der Waals surface area (Å²) in [5.74, 6) is 1.15. The van der Waals surface area contributed by atoms with Crippen LogP contribution in [0.25, 0.3) is 6.08 Å². The molecule has 4 nitrogen and oxygen atoms in total. The largest absolute Gasteiger partial charge is 0.497 e. The zero-order chi connectivity index (χ0) is 21.5. The monoisotopic (exact) mass is 426 g/mol. The molecule has 6 heteroatoms. The fourth-order valence-electron chi connectivity index (χ4n) is 2.77. The Kier molecular flexibility index (Phi) is 7.09. The Morgan fingerprint density at radius 2 is 1.70 bits per heavy atom. The summed E-state index contributed by atoms with van der Waals surface area (Å²) in [4.78, 5) is 12.4. The van der Waals surface area contributed by atoms with Crippen molar-refractivity contribution in [1.82, 2.24) is 0 Å². The summed E-state index contributed by atoms with van der Waals surface area (Å²) in [5.41, 5.74) is 2.16. The number of ketones is 1. The Morgan fingerprint density at radius 3 is 2.37 bits per heavy atom. The number of carbonyl (C=O) groups excluding carboxylic acids is 1. The molecule has 0 amide bonds. The fourth-order valence-corrected chi connectivity index (χ4v) is 2.94. The van der Waals surface area contributed by atoms with Crippen LogP contribution in [-0.4, -0.2) is 20.0 Å². The predicted octanol–water partition coefficient (Wildman–Crippen LogP) is 5.97. The van der Waals surface area contributed by atoms with Crippen molar-refractivity contribution < 1.29 is 23.4 Å². The number of benzene rings is 3. The lowest BCUT2D eigenvalue weighted by atomic mass is 10.1. The average molecular weight is 427 g/mol. The number of hydrogen-bond acceptors (Lipinski definition) is 4. The van der Waals surface area contributed by atoms with Crippen molar-refractivity contribution in [3.05, 3.63) is 94.3 Å². The van der Waals surface area contributed by atoms with Gasteiger partial charge in [-0.25, -0.2) is 4.39 Å². The van der Waals surface area contributed by atoms with Crippen LogP contribution in [0.1, 0.15) is 21.5 Å². The van der Waals surface area contributed by atoms with E-state index in [9.17, 15) is 9.18 Å². The van der Waals surface area contributed by atoms with Gasteiger partial charge >= 0.3 is 0 Å². The number of carbonyl (C=O) groups is 1. The predicted molar refractivity (Wildman–Crippen MR) is 115 cm³/mol. The zero-order valence-corrected chi connectivity index (χ0v) is 17.3. The number of hydrogen-bond donors (Lipinski definition) is 0. The van der Waals surface area contributed by atoms with E-state index in [1.165, 1.54) is 24.3 Å². The molecule has 3 aromatic rings. The van der Waals surface area contributed by atoms with E-state index in [1.807, 2.05) is 12.1 Å². The standard InChI is InChI=1S/C24H20ClFO4/c1-28-19-7-5-17(6-8-19)23(27)11-3-16-4-12-24(29-2)18(13-16)15-30-20-9-10-22(26)21(25)14-20/h3-14H,15H2,1-2H3/b11-3+. The average Bonchev–Trinajstić information content (AvgIpc) is 2.78. The summed E-state index contributed by atoms with van der Waals surface area (Å²) >= 11 is 5.79. The van der Waals surface area contributed by atoms with Gasteiger partial charge in [0.25, 0.3) is 0 Å². The Hall–Kier alpha value is -3.31. The van der Waals surface area contributed by atoms with E-state index in [1.54, 1.807) is 50.6 Å². The second-order valence-corrected chi connectivity index (χ2v) is 6.77. The van der Waals surface area contributed by atoms with Crippen molar-refractivity contribution in [3.63, 3.8) is 0 Å². The highest BCUT2D eigenvalue weighted by molar-refractivity contribution is 6.30. The van der Waals surface area contributed by atoms with E-state index in [4.69, 9.17) is 25.8 Å². The van der Waals surface area contributed by atoms with Gasteiger partial charge in [0.1, 0.15) is 29.7 Å². The molecule has 0 radical (unpaired) electrons. The van der Waals surface area contributed by atoms with E-state index < -0.39 is 5.82 Å². The number of allylic oxidation sites excluding steroid dienone is 1. The molecule has 154 valence electrons. The van der Waals surface area contributed by atoms with Crippen molar-refractivity contribution in [3.8, 4) is 17.2 Å². The summed E-state index contributed by atoms with van der Waals surface area (Å²) in [7, 11) is 3.14. The molecular formula is C24H20ClFO4. The molecule has 0 saturated carbocycles. The molecule has 0 saturated heterocycles. The Bertz CT molecular complexity index is 1060. The van der Waals surface area contributed by atoms with E-state index in [2.05, 4.69) is 0 Å². The first-order valence-electron chi connectivity index (χ1n) is 9.11. The van der Waals surface area contributed by atoms with Gasteiger partial charge in [0.15, 0.2) is 5.78 Å². The molecule has 3 rings (SSSR count). The Balaban J connectivity index is 1.73. The normalized spacial score (nSPS) is 10.8. The third kappa shape index (κ3) is 5.39. The van der Waals surface area contributed by atoms with Gasteiger partial charge in [-0.3, -0.25) is 4.79 Å². The van der Waals surface area contributed by atoms with E-state index in [0.717, 1.165) is 11.1 Å². The molecule has 0 aromatic heterocycles. The lowest BCUT2D eigenvalue weighted by molar-refractivity contribution is 0.104. The second kappa shape index (κ2) is 9.94. The SMILES string of the molecule is COc1ccc(C(=O)/C=C/c2ccc(OC)c(COc3ccc(F)c(Cl)c3)c2)cc1. The molecule has 30 heavy (non-hydrogen) atoms. The highest BCUT2D eigenvalue weighted by atomic mass is 35.5. The van der Waals surface area contributed by atoms with Gasteiger partial charge in [0.05, 0.1) is 19.2 Å². The molecule has 0 aliphatic rings. The van der Waals surface area contributed by atoms with Gasteiger partial charge < -0.3 is 14.2 Å². The molecule has 0 aliphatic heterocycles. The molecule has 0 spiro atoms. The van der Waals surface area contributed by atoms with Crippen LogP contribution in [0.4, 0.5) is 4.39 Å². The molecule has 0 atom stereocenters. The first kappa shape index (κ1) is 21.4. The maximum absolute atomic E-state index is 13.3. The minimum Gasteiger partial charge on any atom is -0.497 e. The van der Waals surface area contributed by atoms with Gasteiger partial charge in [-0.2, -0.15) is 0 Å². The number of rotatable bonds is 8. The van der Waals surface area contributed by atoms with Crippen LogP contribution in [-0.2, 0) is 6.61 Å². The summed E-state index contributed by atoms with van der Waals surface area (Å²) in [5, 5.41) is -0.00630.